The fourth-order valence-corrected chi connectivity index (χ4v) is 7.56. The summed E-state index contributed by atoms with van der Waals surface area (Å²) in [5.41, 5.74) is 3.39. The highest BCUT2D eigenvalue weighted by Gasteiger charge is 2.26. The zero-order valence-corrected chi connectivity index (χ0v) is 40.6. The van der Waals surface area contributed by atoms with Crippen LogP contribution >= 0.6 is 58.0 Å². The van der Waals surface area contributed by atoms with Crippen molar-refractivity contribution in [1.82, 2.24) is 0 Å². The van der Waals surface area contributed by atoms with Crippen molar-refractivity contribution >= 4 is 127 Å². The Labute approximate surface area is 416 Å². The third-order valence-corrected chi connectivity index (χ3v) is 11.2. The van der Waals surface area contributed by atoms with Crippen LogP contribution in [0.25, 0.3) is 0 Å². The highest BCUT2D eigenvalue weighted by Crippen LogP contribution is 2.33. The Bertz CT molecular complexity index is 2790. The number of para-hydroxylation sites is 2. The van der Waals surface area contributed by atoms with Crippen molar-refractivity contribution in [2.45, 2.75) is 44.7 Å². The number of methoxy groups -OCH3 is 2. The zero-order chi connectivity index (χ0) is 49.5. The molecule has 0 aliphatic carbocycles. The van der Waals surface area contributed by atoms with Crippen molar-refractivity contribution in [3.05, 3.63) is 129 Å². The largest absolute Gasteiger partial charge is 0.494 e. The molecule has 5 rings (SSSR count). The van der Waals surface area contributed by atoms with Crippen LogP contribution in [0.4, 0.5) is 34.1 Å². The third-order valence-electron chi connectivity index (χ3n) is 9.83. The summed E-state index contributed by atoms with van der Waals surface area (Å²) in [5.74, 6) is -2.72. The number of alkyl halides is 3. The molecule has 0 aliphatic rings. The monoisotopic (exact) mass is 1020 g/mol. The van der Waals surface area contributed by atoms with Crippen molar-refractivity contribution in [1.29, 1.82) is 0 Å². The normalized spacial score (nSPS) is 12.0. The minimum atomic E-state index is -1.62. The molecule has 0 bridgehead atoms. The number of azo groups is 2. The highest BCUT2D eigenvalue weighted by atomic mass is 35.5. The number of aryl methyl sites for hydroxylation is 2. The Morgan fingerprint density at radius 3 is 1.41 bits per heavy atom. The van der Waals surface area contributed by atoms with Crippen LogP contribution in [0.15, 0.2) is 111 Å². The summed E-state index contributed by atoms with van der Waals surface area (Å²) in [7, 11) is 2.95. The van der Waals surface area contributed by atoms with E-state index in [0.717, 1.165) is 25.0 Å². The summed E-state index contributed by atoms with van der Waals surface area (Å²) in [6, 6.07) is 20.0. The van der Waals surface area contributed by atoms with Gasteiger partial charge in [-0.25, -0.2) is 0 Å². The number of nitrogens with one attached hydrogen (secondary N) is 4. The van der Waals surface area contributed by atoms with E-state index in [1.165, 1.54) is 68.8 Å². The number of rotatable bonds is 21. The van der Waals surface area contributed by atoms with Gasteiger partial charge in [0.1, 0.15) is 11.5 Å². The summed E-state index contributed by atoms with van der Waals surface area (Å²) in [6.45, 7) is 2.32. The van der Waals surface area contributed by atoms with Crippen LogP contribution in [0.2, 0.25) is 10.0 Å². The number of ketones is 2. The Morgan fingerprint density at radius 2 is 1.00 bits per heavy atom. The third kappa shape index (κ3) is 13.6. The fraction of sp³-hybridized carbons (Fsp3) is 0.234. The molecule has 0 spiro atoms. The fourth-order valence-electron chi connectivity index (χ4n) is 6.53. The zero-order valence-electron chi connectivity index (χ0n) is 36.8. The topological polar surface area (TPSA) is 218 Å². The maximum atomic E-state index is 13.4. The van der Waals surface area contributed by atoms with Crippen molar-refractivity contribution in [2.24, 2.45) is 20.5 Å². The van der Waals surface area contributed by atoms with Crippen molar-refractivity contribution in [3.63, 3.8) is 0 Å². The number of benzene rings is 5. The van der Waals surface area contributed by atoms with E-state index >= 15 is 0 Å². The molecular formula is C47H43Cl5N8O8. The Kier molecular flexibility index (Phi) is 19.4. The van der Waals surface area contributed by atoms with E-state index in [4.69, 9.17) is 67.5 Å². The van der Waals surface area contributed by atoms with E-state index in [2.05, 4.69) is 41.7 Å². The van der Waals surface area contributed by atoms with Gasteiger partial charge in [0.05, 0.1) is 58.1 Å². The predicted molar refractivity (Wildman–Crippen MR) is 265 cm³/mol. The number of amides is 4. The summed E-state index contributed by atoms with van der Waals surface area (Å²) in [6.07, 6.45) is 1.02. The molecule has 354 valence electrons. The van der Waals surface area contributed by atoms with Crippen molar-refractivity contribution in [2.75, 3.05) is 47.2 Å². The molecule has 0 radical (unpaired) electrons. The molecule has 0 heterocycles. The van der Waals surface area contributed by atoms with Gasteiger partial charge in [0.2, 0.25) is 12.1 Å². The molecule has 0 aliphatic heterocycles. The maximum Gasteiger partial charge on any atom is 0.258 e. The van der Waals surface area contributed by atoms with Crippen LogP contribution in [0.3, 0.4) is 0 Å². The molecule has 0 saturated heterocycles. The van der Waals surface area contributed by atoms with Gasteiger partial charge in [0, 0.05) is 29.0 Å². The van der Waals surface area contributed by atoms with Crippen LogP contribution in [0.1, 0.15) is 51.3 Å². The number of Topliss-reactive ketones (excluding diaryl/α,β-unsaturated/α-hetero) is 2. The van der Waals surface area contributed by atoms with E-state index in [0.29, 0.717) is 53.0 Å². The van der Waals surface area contributed by atoms with Crippen LogP contribution < -0.4 is 30.7 Å². The van der Waals surface area contributed by atoms with E-state index in [9.17, 15) is 28.8 Å². The molecule has 2 unspecified atom stereocenters. The van der Waals surface area contributed by atoms with Gasteiger partial charge in [0.15, 0.2) is 11.6 Å². The van der Waals surface area contributed by atoms with Crippen LogP contribution in [0, 0.1) is 0 Å². The molecule has 0 aromatic heterocycles. The summed E-state index contributed by atoms with van der Waals surface area (Å²) in [4.78, 5) is 78.8. The maximum absolute atomic E-state index is 13.4. The average molecular weight is 1030 g/mol. The SMILES string of the molecule is COc1c(CCCl)cccc1NC(=O)c1cc(N=NC(C(C)=O)C(=O)Nc2ccc(NC(=O)C(N=Nc3ccc(Cl)c(C(=O)Nc4cccc(CCCl)c4OC)c3)C(C)=O)c(CCl)c2)ccc1Cl. The Hall–Kier alpha value is -6.43. The van der Waals surface area contributed by atoms with Crippen LogP contribution in [-0.2, 0) is 37.9 Å². The number of nitrogens with zero attached hydrogens (tertiary/aromatic N) is 4. The molecule has 0 saturated carbocycles. The predicted octanol–water partition coefficient (Wildman–Crippen LogP) is 11.2. The molecule has 5 aromatic carbocycles. The lowest BCUT2D eigenvalue weighted by molar-refractivity contribution is -0.127. The molecule has 0 fully saturated rings. The highest BCUT2D eigenvalue weighted by molar-refractivity contribution is 6.35. The quantitative estimate of drug-likeness (QED) is 0.0314. The second-order valence-electron chi connectivity index (χ2n) is 14.6. The number of carbonyl (C=O) groups excluding carboxylic acids is 6. The minimum absolute atomic E-state index is 0.0359. The van der Waals surface area contributed by atoms with Crippen LogP contribution in [0.5, 0.6) is 11.5 Å². The minimum Gasteiger partial charge on any atom is -0.494 e. The van der Waals surface area contributed by atoms with E-state index < -0.39 is 47.3 Å². The summed E-state index contributed by atoms with van der Waals surface area (Å²) < 4.78 is 11.0. The van der Waals surface area contributed by atoms with Crippen molar-refractivity contribution < 1.29 is 38.2 Å². The molecule has 16 nitrogen and oxygen atoms in total. The van der Waals surface area contributed by atoms with Gasteiger partial charge in [-0.15, -0.1) is 34.8 Å². The van der Waals surface area contributed by atoms with Crippen molar-refractivity contribution in [3.8, 4) is 11.5 Å². The molecule has 21 heteroatoms. The van der Waals surface area contributed by atoms with E-state index in [-0.39, 0.29) is 49.8 Å². The average Bonchev–Trinajstić information content (AvgIpc) is 3.30. The van der Waals surface area contributed by atoms with Gasteiger partial charge in [-0.2, -0.15) is 20.5 Å². The number of hydrogen-bond donors (Lipinski definition) is 4. The first-order chi connectivity index (χ1) is 32.6. The van der Waals surface area contributed by atoms with Crippen LogP contribution in [-0.4, -0.2) is 73.3 Å². The van der Waals surface area contributed by atoms with Gasteiger partial charge in [-0.1, -0.05) is 47.5 Å². The Morgan fingerprint density at radius 1 is 0.544 bits per heavy atom. The molecule has 4 N–H and O–H groups in total. The first-order valence-electron chi connectivity index (χ1n) is 20.4. The lowest BCUT2D eigenvalue weighted by atomic mass is 10.1. The smallest absolute Gasteiger partial charge is 0.258 e. The van der Waals surface area contributed by atoms with Gasteiger partial charge in [0.25, 0.3) is 23.6 Å². The van der Waals surface area contributed by atoms with E-state index in [1.807, 2.05) is 12.1 Å². The number of hydrogen-bond acceptors (Lipinski definition) is 12. The van der Waals surface area contributed by atoms with E-state index in [1.54, 1.807) is 24.3 Å². The second-order valence-corrected chi connectivity index (χ2v) is 16.4. The number of carbonyl (C=O) groups is 6. The molecule has 4 amide bonds. The molecule has 68 heavy (non-hydrogen) atoms. The number of anilines is 4. The lowest BCUT2D eigenvalue weighted by Gasteiger charge is -2.15. The summed E-state index contributed by atoms with van der Waals surface area (Å²) in [5, 5.41) is 27.1. The first-order valence-corrected chi connectivity index (χ1v) is 22.8. The molecule has 2 atom stereocenters. The van der Waals surface area contributed by atoms with Gasteiger partial charge < -0.3 is 30.7 Å². The van der Waals surface area contributed by atoms with Gasteiger partial charge in [-0.05, 0) is 110 Å². The second kappa shape index (κ2) is 25.1. The number of halogens is 5. The first kappa shape index (κ1) is 52.5. The Balaban J connectivity index is 1.26. The summed E-state index contributed by atoms with van der Waals surface area (Å²) >= 11 is 30.8. The lowest BCUT2D eigenvalue weighted by Crippen LogP contribution is -2.32. The molecular weight excluding hydrogens is 982 g/mol. The van der Waals surface area contributed by atoms with Gasteiger partial charge in [-0.3, -0.25) is 28.8 Å². The molecule has 5 aromatic rings. The standard InChI is InChI=1S/C47H43Cl5N8O8/c1-25(61)40(59-57-31-11-14-35(51)33(22-31)44(63)55-38-9-5-7-27(17-19-48)42(38)67-3)46(65)53-30-13-16-37(29(21-30)24-50)54-47(66)41(26(2)62)60-58-32-12-15-36(52)34(23-32)45(64)56-39-10-6-8-28(18-20-49)43(39)68-4/h5-16,21-23,40-41H,17-20,24H2,1-4H3,(H,53,65)(H,54,66)(H,55,63)(H,56,64). The van der Waals surface area contributed by atoms with Gasteiger partial charge >= 0.3 is 0 Å². The number of ether oxygens (including phenoxy) is 2.